The van der Waals surface area contributed by atoms with Crippen molar-refractivity contribution in [3.05, 3.63) is 0 Å². The molecular formula is C10H22N2O3S. The number of sulfone groups is 1. The second-order valence-electron chi connectivity index (χ2n) is 4.55. The molecule has 6 heteroatoms. The number of rotatable bonds is 5. The number of nitrogens with two attached hydrogens (primary N) is 1. The minimum Gasteiger partial charge on any atom is -0.374 e. The quantitative estimate of drug-likeness (QED) is 0.710. The van der Waals surface area contributed by atoms with Crippen molar-refractivity contribution < 1.29 is 13.2 Å². The lowest BCUT2D eigenvalue weighted by atomic mass is 10.1. The largest absolute Gasteiger partial charge is 0.374 e. The van der Waals surface area contributed by atoms with E-state index in [0.717, 1.165) is 19.6 Å². The van der Waals surface area contributed by atoms with Crippen molar-refractivity contribution in [2.75, 3.05) is 38.2 Å². The number of hydrogen-bond donors (Lipinski definition) is 1. The minimum absolute atomic E-state index is 0.0257. The number of nitrogens with zero attached hydrogens (tertiary/aromatic N) is 1. The highest BCUT2D eigenvalue weighted by Crippen LogP contribution is 2.08. The van der Waals surface area contributed by atoms with Crippen LogP contribution in [0.25, 0.3) is 0 Å². The number of morpholine rings is 1. The summed E-state index contributed by atoms with van der Waals surface area (Å²) < 4.78 is 27.5. The first-order valence-electron chi connectivity index (χ1n) is 5.66. The van der Waals surface area contributed by atoms with Gasteiger partial charge in [0.15, 0.2) is 0 Å². The minimum atomic E-state index is -2.84. The summed E-state index contributed by atoms with van der Waals surface area (Å²) in [5.74, 6) is 0.257. The summed E-state index contributed by atoms with van der Waals surface area (Å²) in [4.78, 5) is 2.22. The van der Waals surface area contributed by atoms with Crippen LogP contribution in [0, 0.1) is 0 Å². The molecule has 2 N–H and O–H groups in total. The van der Waals surface area contributed by atoms with Gasteiger partial charge in [-0.1, -0.05) is 0 Å². The lowest BCUT2D eigenvalue weighted by Crippen LogP contribution is -2.49. The Hall–Kier alpha value is -0.170. The maximum Gasteiger partial charge on any atom is 0.147 e. The molecule has 1 rings (SSSR count). The molecule has 96 valence electrons. The Kier molecular flexibility index (Phi) is 5.17. The summed E-state index contributed by atoms with van der Waals surface area (Å²) in [7, 11) is -2.84. The molecule has 1 heterocycles. The van der Waals surface area contributed by atoms with Gasteiger partial charge >= 0.3 is 0 Å². The fourth-order valence-electron chi connectivity index (χ4n) is 1.80. The lowest BCUT2D eigenvalue weighted by Gasteiger charge is -2.34. The molecule has 0 aromatic carbocycles. The van der Waals surface area contributed by atoms with Gasteiger partial charge in [0.2, 0.25) is 0 Å². The topological polar surface area (TPSA) is 72.6 Å². The molecule has 1 saturated heterocycles. The summed E-state index contributed by atoms with van der Waals surface area (Å²) in [5, 5.41) is 0. The van der Waals surface area contributed by atoms with Crippen molar-refractivity contribution in [2.24, 2.45) is 5.73 Å². The van der Waals surface area contributed by atoms with Crippen LogP contribution in [0.4, 0.5) is 0 Å². The maximum atomic E-state index is 11.0. The molecule has 0 aliphatic carbocycles. The Morgan fingerprint density at radius 1 is 1.56 bits per heavy atom. The zero-order valence-corrected chi connectivity index (χ0v) is 10.9. The molecule has 1 aliphatic rings. The molecule has 0 saturated carbocycles. The molecule has 1 fully saturated rings. The van der Waals surface area contributed by atoms with Crippen molar-refractivity contribution in [1.29, 1.82) is 0 Å². The predicted molar refractivity (Wildman–Crippen MR) is 64.2 cm³/mol. The lowest BCUT2D eigenvalue weighted by molar-refractivity contribution is -0.0373. The second-order valence-corrected chi connectivity index (χ2v) is 6.81. The van der Waals surface area contributed by atoms with Gasteiger partial charge in [0, 0.05) is 25.4 Å². The van der Waals surface area contributed by atoms with Crippen molar-refractivity contribution >= 4 is 9.84 Å². The summed E-state index contributed by atoms with van der Waals surface area (Å²) in [6.07, 6.45) is 2.04. The molecule has 0 spiro atoms. The smallest absolute Gasteiger partial charge is 0.147 e. The maximum absolute atomic E-state index is 11.0. The van der Waals surface area contributed by atoms with Crippen molar-refractivity contribution in [2.45, 2.75) is 25.5 Å². The molecule has 0 bridgehead atoms. The van der Waals surface area contributed by atoms with Gasteiger partial charge in [-0.3, -0.25) is 4.90 Å². The Bertz CT molecular complexity index is 303. The van der Waals surface area contributed by atoms with E-state index in [0.29, 0.717) is 13.0 Å². The van der Waals surface area contributed by atoms with Crippen molar-refractivity contribution in [3.8, 4) is 0 Å². The van der Waals surface area contributed by atoms with Crippen LogP contribution in [-0.4, -0.2) is 63.7 Å². The van der Waals surface area contributed by atoms with Crippen LogP contribution < -0.4 is 5.73 Å². The van der Waals surface area contributed by atoms with Crippen LogP contribution in [0.1, 0.15) is 13.3 Å². The van der Waals surface area contributed by atoms with E-state index in [1.165, 1.54) is 6.26 Å². The van der Waals surface area contributed by atoms with Gasteiger partial charge in [-0.05, 0) is 19.9 Å². The normalized spacial score (nSPS) is 25.6. The molecule has 0 aromatic heterocycles. The fourth-order valence-corrected chi connectivity index (χ4v) is 2.46. The first-order valence-corrected chi connectivity index (χ1v) is 7.72. The molecule has 2 unspecified atom stereocenters. The Labute approximate surface area is 97.9 Å². The Morgan fingerprint density at radius 2 is 2.25 bits per heavy atom. The third-order valence-corrected chi connectivity index (χ3v) is 3.78. The molecule has 16 heavy (non-hydrogen) atoms. The summed E-state index contributed by atoms with van der Waals surface area (Å²) >= 11 is 0. The third-order valence-electron chi connectivity index (χ3n) is 2.75. The van der Waals surface area contributed by atoms with Crippen LogP contribution in [0.3, 0.4) is 0 Å². The van der Waals surface area contributed by atoms with Crippen LogP contribution >= 0.6 is 0 Å². The van der Waals surface area contributed by atoms with E-state index < -0.39 is 9.84 Å². The molecule has 1 aliphatic heterocycles. The van der Waals surface area contributed by atoms with Gasteiger partial charge in [-0.2, -0.15) is 0 Å². The molecule has 2 atom stereocenters. The average Bonchev–Trinajstić information content (AvgIpc) is 2.16. The van der Waals surface area contributed by atoms with E-state index in [4.69, 9.17) is 10.5 Å². The zero-order valence-electron chi connectivity index (χ0n) is 10.1. The highest BCUT2D eigenvalue weighted by atomic mass is 32.2. The highest BCUT2D eigenvalue weighted by molar-refractivity contribution is 7.90. The van der Waals surface area contributed by atoms with Crippen LogP contribution in [0.2, 0.25) is 0 Å². The van der Waals surface area contributed by atoms with E-state index in [2.05, 4.69) is 4.90 Å². The second kappa shape index (κ2) is 5.95. The summed E-state index contributed by atoms with van der Waals surface area (Å²) in [6, 6.07) is 0.0257. The van der Waals surface area contributed by atoms with E-state index in [9.17, 15) is 8.42 Å². The van der Waals surface area contributed by atoms with E-state index >= 15 is 0 Å². The molecule has 0 amide bonds. The van der Waals surface area contributed by atoms with E-state index in [-0.39, 0.29) is 17.9 Å². The first-order chi connectivity index (χ1) is 7.38. The monoisotopic (exact) mass is 250 g/mol. The van der Waals surface area contributed by atoms with Gasteiger partial charge in [-0.25, -0.2) is 8.42 Å². The van der Waals surface area contributed by atoms with Crippen LogP contribution in [-0.2, 0) is 14.6 Å². The zero-order chi connectivity index (χ0) is 12.2. The third kappa shape index (κ3) is 5.25. The fraction of sp³-hybridized carbons (Fsp3) is 1.00. The van der Waals surface area contributed by atoms with Crippen LogP contribution in [0.15, 0.2) is 0 Å². The SMILES string of the molecule is CC(N)C1CN(CCCS(C)(=O)=O)CCO1. The van der Waals surface area contributed by atoms with Crippen molar-refractivity contribution in [1.82, 2.24) is 4.90 Å². The van der Waals surface area contributed by atoms with E-state index in [1.54, 1.807) is 0 Å². The predicted octanol–water partition coefficient (Wildman–Crippen LogP) is -0.531. The molecule has 0 aromatic rings. The van der Waals surface area contributed by atoms with Crippen molar-refractivity contribution in [3.63, 3.8) is 0 Å². The molecule has 0 radical (unpaired) electrons. The summed E-state index contributed by atoms with van der Waals surface area (Å²) in [5.41, 5.74) is 5.78. The number of hydrogen-bond acceptors (Lipinski definition) is 5. The van der Waals surface area contributed by atoms with Gasteiger partial charge in [0.1, 0.15) is 9.84 Å². The molecule has 5 nitrogen and oxygen atoms in total. The highest BCUT2D eigenvalue weighted by Gasteiger charge is 2.22. The summed E-state index contributed by atoms with van der Waals surface area (Å²) in [6.45, 7) is 5.10. The Balaban J connectivity index is 2.27. The molecular weight excluding hydrogens is 228 g/mol. The standard InChI is InChI=1S/C10H22N2O3S/c1-9(11)10-8-12(5-6-15-10)4-3-7-16(2,13)14/h9-10H,3-8,11H2,1-2H3. The number of ether oxygens (including phenoxy) is 1. The van der Waals surface area contributed by atoms with Gasteiger partial charge in [0.05, 0.1) is 18.5 Å². The Morgan fingerprint density at radius 3 is 2.81 bits per heavy atom. The van der Waals surface area contributed by atoms with Gasteiger partial charge in [-0.15, -0.1) is 0 Å². The van der Waals surface area contributed by atoms with Gasteiger partial charge in [0.25, 0.3) is 0 Å². The first kappa shape index (κ1) is 13.9. The van der Waals surface area contributed by atoms with Crippen LogP contribution in [0.5, 0.6) is 0 Å². The van der Waals surface area contributed by atoms with E-state index in [1.807, 2.05) is 6.92 Å². The van der Waals surface area contributed by atoms with Gasteiger partial charge < -0.3 is 10.5 Å². The average molecular weight is 250 g/mol.